The van der Waals surface area contributed by atoms with Gasteiger partial charge in [0.15, 0.2) is 5.65 Å². The molecule has 0 spiro atoms. The SMILES string of the molecule is CN1CCC(Nc2nc3ncc(Br)cc3n2Cc2ccccc2)CC1. The normalized spacial score (nSPS) is 16.4. The standard InChI is InChI=1S/C19H22BrN5/c1-24-9-7-16(8-10-24)22-19-23-18-17(11-15(20)12-21-18)25(19)13-14-5-3-2-4-6-14/h2-6,11-12,16H,7-10,13H2,1H3,(H,21,22,23). The highest BCUT2D eigenvalue weighted by Gasteiger charge is 2.20. The van der Waals surface area contributed by atoms with Crippen LogP contribution in [0.5, 0.6) is 0 Å². The van der Waals surface area contributed by atoms with Gasteiger partial charge in [-0.05, 0) is 60.5 Å². The van der Waals surface area contributed by atoms with E-state index in [9.17, 15) is 0 Å². The Bertz CT molecular complexity index is 853. The molecule has 5 nitrogen and oxygen atoms in total. The van der Waals surface area contributed by atoms with Crippen molar-refractivity contribution in [2.24, 2.45) is 0 Å². The van der Waals surface area contributed by atoms with Gasteiger partial charge in [0.1, 0.15) is 0 Å². The fourth-order valence-electron chi connectivity index (χ4n) is 3.35. The van der Waals surface area contributed by atoms with E-state index in [0.29, 0.717) is 6.04 Å². The highest BCUT2D eigenvalue weighted by molar-refractivity contribution is 9.10. The van der Waals surface area contributed by atoms with E-state index < -0.39 is 0 Å². The quantitative estimate of drug-likeness (QED) is 0.725. The number of benzene rings is 1. The number of hydrogen-bond donors (Lipinski definition) is 1. The molecular weight excluding hydrogens is 378 g/mol. The first-order valence-electron chi connectivity index (χ1n) is 8.70. The summed E-state index contributed by atoms with van der Waals surface area (Å²) in [6, 6.07) is 13.1. The number of rotatable bonds is 4. The van der Waals surface area contributed by atoms with Crippen LogP contribution in [0.25, 0.3) is 11.2 Å². The van der Waals surface area contributed by atoms with Gasteiger partial charge in [0.25, 0.3) is 0 Å². The van der Waals surface area contributed by atoms with Crippen LogP contribution in [-0.2, 0) is 6.54 Å². The number of piperidine rings is 1. The summed E-state index contributed by atoms with van der Waals surface area (Å²) in [5.41, 5.74) is 3.09. The molecule has 0 amide bonds. The average molecular weight is 400 g/mol. The van der Waals surface area contributed by atoms with Gasteiger partial charge in [-0.1, -0.05) is 30.3 Å². The van der Waals surface area contributed by atoms with Gasteiger partial charge < -0.3 is 14.8 Å². The van der Waals surface area contributed by atoms with E-state index in [1.165, 1.54) is 5.56 Å². The molecule has 6 heteroatoms. The maximum absolute atomic E-state index is 4.77. The summed E-state index contributed by atoms with van der Waals surface area (Å²) in [5, 5.41) is 3.67. The molecule has 2 aromatic heterocycles. The van der Waals surface area contributed by atoms with Gasteiger partial charge in [0, 0.05) is 16.7 Å². The second kappa shape index (κ2) is 7.14. The zero-order valence-corrected chi connectivity index (χ0v) is 15.9. The number of likely N-dealkylation sites (tertiary alicyclic amines) is 1. The van der Waals surface area contributed by atoms with Crippen molar-refractivity contribution >= 4 is 33.0 Å². The Balaban J connectivity index is 1.68. The van der Waals surface area contributed by atoms with Crippen LogP contribution < -0.4 is 5.32 Å². The summed E-state index contributed by atoms with van der Waals surface area (Å²) in [6.07, 6.45) is 4.09. The third-order valence-corrected chi connectivity index (χ3v) is 5.24. The minimum atomic E-state index is 0.464. The van der Waals surface area contributed by atoms with E-state index in [4.69, 9.17) is 4.98 Å². The third kappa shape index (κ3) is 3.70. The van der Waals surface area contributed by atoms with Crippen molar-refractivity contribution in [1.82, 2.24) is 19.4 Å². The van der Waals surface area contributed by atoms with Gasteiger partial charge in [0.05, 0.1) is 12.1 Å². The monoisotopic (exact) mass is 399 g/mol. The van der Waals surface area contributed by atoms with E-state index >= 15 is 0 Å². The molecule has 4 rings (SSSR count). The zero-order valence-electron chi connectivity index (χ0n) is 14.3. The molecule has 1 aromatic carbocycles. The first kappa shape index (κ1) is 16.5. The van der Waals surface area contributed by atoms with Crippen LogP contribution in [0.4, 0.5) is 5.95 Å². The van der Waals surface area contributed by atoms with Crippen LogP contribution in [0, 0.1) is 0 Å². The summed E-state index contributed by atoms with van der Waals surface area (Å²) in [7, 11) is 2.18. The van der Waals surface area contributed by atoms with E-state index in [-0.39, 0.29) is 0 Å². The molecule has 3 heterocycles. The molecule has 0 bridgehead atoms. The lowest BCUT2D eigenvalue weighted by Gasteiger charge is -2.29. The lowest BCUT2D eigenvalue weighted by molar-refractivity contribution is 0.263. The molecule has 0 atom stereocenters. The molecule has 0 unspecified atom stereocenters. The van der Waals surface area contributed by atoms with Gasteiger partial charge >= 0.3 is 0 Å². The number of anilines is 1. The first-order valence-corrected chi connectivity index (χ1v) is 9.49. The summed E-state index contributed by atoms with van der Waals surface area (Å²) in [4.78, 5) is 11.6. The smallest absolute Gasteiger partial charge is 0.205 e. The maximum Gasteiger partial charge on any atom is 0.205 e. The molecule has 25 heavy (non-hydrogen) atoms. The highest BCUT2D eigenvalue weighted by atomic mass is 79.9. The lowest BCUT2D eigenvalue weighted by Crippen LogP contribution is -2.37. The minimum Gasteiger partial charge on any atom is -0.353 e. The fraction of sp³-hybridized carbons (Fsp3) is 0.368. The van der Waals surface area contributed by atoms with Crippen molar-refractivity contribution in [3.63, 3.8) is 0 Å². The van der Waals surface area contributed by atoms with Gasteiger partial charge in [0.2, 0.25) is 5.95 Å². The number of imidazole rings is 1. The number of nitrogens with zero attached hydrogens (tertiary/aromatic N) is 4. The van der Waals surface area contributed by atoms with Crippen LogP contribution >= 0.6 is 15.9 Å². The number of aromatic nitrogens is 3. The Kier molecular flexibility index (Phi) is 4.72. The number of hydrogen-bond acceptors (Lipinski definition) is 4. The van der Waals surface area contributed by atoms with Crippen LogP contribution in [0.15, 0.2) is 47.1 Å². The van der Waals surface area contributed by atoms with Crippen molar-refractivity contribution in [1.29, 1.82) is 0 Å². The van der Waals surface area contributed by atoms with E-state index in [1.807, 2.05) is 12.3 Å². The van der Waals surface area contributed by atoms with Crippen LogP contribution in [0.3, 0.4) is 0 Å². The number of fused-ring (bicyclic) bond motifs is 1. The zero-order chi connectivity index (χ0) is 17.2. The Morgan fingerprint density at radius 1 is 1.20 bits per heavy atom. The number of pyridine rings is 1. The van der Waals surface area contributed by atoms with Gasteiger partial charge in [-0.25, -0.2) is 4.98 Å². The van der Waals surface area contributed by atoms with Gasteiger partial charge in [-0.2, -0.15) is 4.98 Å². The molecule has 3 aromatic rings. The molecule has 0 radical (unpaired) electrons. The predicted molar refractivity (Wildman–Crippen MR) is 105 cm³/mol. The molecule has 1 N–H and O–H groups in total. The highest BCUT2D eigenvalue weighted by Crippen LogP contribution is 2.24. The number of halogens is 1. The molecule has 1 saturated heterocycles. The average Bonchev–Trinajstić information content (AvgIpc) is 2.95. The van der Waals surface area contributed by atoms with E-state index in [2.05, 4.69) is 73.1 Å². The Morgan fingerprint density at radius 2 is 1.96 bits per heavy atom. The van der Waals surface area contributed by atoms with Crippen molar-refractivity contribution in [3.8, 4) is 0 Å². The Hall–Kier alpha value is -1.92. The fourth-order valence-corrected chi connectivity index (χ4v) is 3.67. The van der Waals surface area contributed by atoms with Crippen LogP contribution in [0.2, 0.25) is 0 Å². The molecule has 1 fully saturated rings. The first-order chi connectivity index (χ1) is 12.2. The topological polar surface area (TPSA) is 46.0 Å². The lowest BCUT2D eigenvalue weighted by atomic mass is 10.1. The third-order valence-electron chi connectivity index (χ3n) is 4.81. The summed E-state index contributed by atoms with van der Waals surface area (Å²) < 4.78 is 3.21. The molecule has 130 valence electrons. The summed E-state index contributed by atoms with van der Waals surface area (Å²) in [6.45, 7) is 3.03. The van der Waals surface area contributed by atoms with Gasteiger partial charge in [-0.3, -0.25) is 0 Å². The summed E-state index contributed by atoms with van der Waals surface area (Å²) >= 11 is 3.54. The van der Waals surface area contributed by atoms with E-state index in [1.54, 1.807) is 0 Å². The predicted octanol–water partition coefficient (Wildman–Crippen LogP) is 3.75. The van der Waals surface area contributed by atoms with Crippen LogP contribution in [0.1, 0.15) is 18.4 Å². The minimum absolute atomic E-state index is 0.464. The second-order valence-electron chi connectivity index (χ2n) is 6.73. The molecule has 1 aliphatic rings. The van der Waals surface area contributed by atoms with Crippen molar-refractivity contribution in [2.75, 3.05) is 25.5 Å². The summed E-state index contributed by atoms with van der Waals surface area (Å²) in [5.74, 6) is 0.916. The Labute approximate surface area is 156 Å². The molecule has 1 aliphatic heterocycles. The largest absolute Gasteiger partial charge is 0.353 e. The van der Waals surface area contributed by atoms with Crippen molar-refractivity contribution in [3.05, 3.63) is 52.6 Å². The number of nitrogens with one attached hydrogen (secondary N) is 1. The maximum atomic E-state index is 4.77. The van der Waals surface area contributed by atoms with E-state index in [0.717, 1.165) is 54.1 Å². The Morgan fingerprint density at radius 3 is 2.72 bits per heavy atom. The van der Waals surface area contributed by atoms with Crippen molar-refractivity contribution < 1.29 is 0 Å². The van der Waals surface area contributed by atoms with Crippen molar-refractivity contribution in [2.45, 2.75) is 25.4 Å². The molecule has 0 saturated carbocycles. The van der Waals surface area contributed by atoms with Crippen LogP contribution in [-0.4, -0.2) is 45.6 Å². The van der Waals surface area contributed by atoms with Gasteiger partial charge in [-0.15, -0.1) is 0 Å². The molecule has 0 aliphatic carbocycles. The second-order valence-corrected chi connectivity index (χ2v) is 7.64. The molecular formula is C19H22BrN5.